The molecule has 1 unspecified atom stereocenters. The number of hydrogen-bond donors (Lipinski definition) is 2. The molecule has 0 bridgehead atoms. The van der Waals surface area contributed by atoms with Crippen LogP contribution in [0.2, 0.25) is 0 Å². The third kappa shape index (κ3) is 4.92. The van der Waals surface area contributed by atoms with E-state index in [2.05, 4.69) is 5.32 Å². The van der Waals surface area contributed by atoms with Gasteiger partial charge in [0.05, 0.1) is 4.99 Å². The van der Waals surface area contributed by atoms with Crippen LogP contribution in [0.5, 0.6) is 0 Å². The lowest BCUT2D eigenvalue weighted by atomic mass is 10.1. The topological polar surface area (TPSA) is 55.1 Å². The van der Waals surface area contributed by atoms with E-state index in [0.717, 1.165) is 12.8 Å². The predicted octanol–water partition coefficient (Wildman–Crippen LogP) is 2.14. The summed E-state index contributed by atoms with van der Waals surface area (Å²) in [6, 6.07) is 0.369. The molecule has 4 heteroatoms. The van der Waals surface area contributed by atoms with Crippen LogP contribution < -0.4 is 11.1 Å². The Balaban J connectivity index is 2.29. The number of carbonyl (C=O) groups excluding carboxylic acids is 1. The number of hydrogen-bond acceptors (Lipinski definition) is 2. The highest BCUT2D eigenvalue weighted by atomic mass is 32.1. The van der Waals surface area contributed by atoms with E-state index in [-0.39, 0.29) is 11.8 Å². The molecule has 0 saturated heterocycles. The monoisotopic (exact) mass is 242 g/mol. The number of nitrogens with two attached hydrogens (primary N) is 1. The molecule has 1 fully saturated rings. The molecule has 0 radical (unpaired) electrons. The van der Waals surface area contributed by atoms with Gasteiger partial charge in [-0.1, -0.05) is 44.8 Å². The van der Waals surface area contributed by atoms with Gasteiger partial charge in [-0.15, -0.1) is 0 Å². The fourth-order valence-electron chi connectivity index (χ4n) is 2.09. The van der Waals surface area contributed by atoms with E-state index in [1.165, 1.54) is 25.7 Å². The van der Waals surface area contributed by atoms with Gasteiger partial charge in [0.1, 0.15) is 0 Å². The van der Waals surface area contributed by atoms with Crippen LogP contribution in [0.3, 0.4) is 0 Å². The summed E-state index contributed by atoms with van der Waals surface area (Å²) in [7, 11) is 0. The second-order valence-corrected chi connectivity index (χ2v) is 5.23. The molecule has 16 heavy (non-hydrogen) atoms. The maximum absolute atomic E-state index is 11.7. The van der Waals surface area contributed by atoms with Crippen molar-refractivity contribution < 1.29 is 4.79 Å². The van der Waals surface area contributed by atoms with E-state index in [1.807, 2.05) is 6.92 Å². The fourth-order valence-corrected chi connectivity index (χ4v) is 2.17. The largest absolute Gasteiger partial charge is 0.393 e. The third-order valence-corrected chi connectivity index (χ3v) is 3.60. The van der Waals surface area contributed by atoms with Crippen LogP contribution in [0.4, 0.5) is 0 Å². The van der Waals surface area contributed by atoms with Crippen LogP contribution in [0.15, 0.2) is 0 Å². The Morgan fingerprint density at radius 1 is 1.38 bits per heavy atom. The summed E-state index contributed by atoms with van der Waals surface area (Å²) in [6.45, 7) is 1.90. The van der Waals surface area contributed by atoms with Gasteiger partial charge >= 0.3 is 0 Å². The summed E-state index contributed by atoms with van der Waals surface area (Å²) in [5, 5.41) is 3.09. The molecule has 1 amide bonds. The van der Waals surface area contributed by atoms with Crippen LogP contribution in [0.1, 0.15) is 51.9 Å². The van der Waals surface area contributed by atoms with Gasteiger partial charge in [-0.3, -0.25) is 4.79 Å². The van der Waals surface area contributed by atoms with Crippen molar-refractivity contribution in [1.29, 1.82) is 0 Å². The first-order valence-corrected chi connectivity index (χ1v) is 6.59. The zero-order valence-corrected chi connectivity index (χ0v) is 10.8. The first kappa shape index (κ1) is 13.4. The Kier molecular flexibility index (Phi) is 5.74. The van der Waals surface area contributed by atoms with Crippen molar-refractivity contribution in [3.63, 3.8) is 0 Å². The lowest BCUT2D eigenvalue weighted by molar-refractivity contribution is -0.122. The smallest absolute Gasteiger partial charge is 0.220 e. The van der Waals surface area contributed by atoms with E-state index >= 15 is 0 Å². The second kappa shape index (κ2) is 6.84. The minimum Gasteiger partial charge on any atom is -0.393 e. The molecule has 0 heterocycles. The number of rotatable bonds is 4. The van der Waals surface area contributed by atoms with Gasteiger partial charge in [-0.05, 0) is 12.8 Å². The molecule has 1 saturated carbocycles. The van der Waals surface area contributed by atoms with Crippen molar-refractivity contribution in [2.45, 2.75) is 57.9 Å². The molecular formula is C12H22N2OS. The summed E-state index contributed by atoms with van der Waals surface area (Å²) in [5.41, 5.74) is 5.49. The van der Waals surface area contributed by atoms with Crippen molar-refractivity contribution in [3.8, 4) is 0 Å². The number of thiocarbonyl (C=S) groups is 1. The summed E-state index contributed by atoms with van der Waals surface area (Å²) in [4.78, 5) is 12.1. The second-order valence-electron chi connectivity index (χ2n) is 4.76. The summed E-state index contributed by atoms with van der Waals surface area (Å²) in [5.74, 6) is 0.0907. The lowest BCUT2D eigenvalue weighted by Crippen LogP contribution is -2.36. The maximum atomic E-state index is 11.7. The Morgan fingerprint density at radius 2 is 1.94 bits per heavy atom. The van der Waals surface area contributed by atoms with Crippen LogP contribution in [-0.2, 0) is 4.79 Å². The molecule has 0 spiro atoms. The predicted molar refractivity (Wildman–Crippen MR) is 70.2 cm³/mol. The van der Waals surface area contributed by atoms with Crippen LogP contribution in [-0.4, -0.2) is 16.9 Å². The Morgan fingerprint density at radius 3 is 2.44 bits per heavy atom. The molecule has 0 aromatic heterocycles. The highest BCUT2D eigenvalue weighted by Crippen LogP contribution is 2.17. The molecule has 1 atom stereocenters. The number of carbonyl (C=O) groups is 1. The van der Waals surface area contributed by atoms with Gasteiger partial charge in [-0.25, -0.2) is 0 Å². The molecule has 0 aliphatic heterocycles. The lowest BCUT2D eigenvalue weighted by Gasteiger charge is -2.17. The quantitative estimate of drug-likeness (QED) is 0.586. The highest BCUT2D eigenvalue weighted by molar-refractivity contribution is 7.80. The highest BCUT2D eigenvalue weighted by Gasteiger charge is 2.17. The minimum absolute atomic E-state index is 0.000720. The van der Waals surface area contributed by atoms with E-state index in [1.54, 1.807) is 0 Å². The first-order chi connectivity index (χ1) is 7.59. The molecular weight excluding hydrogens is 220 g/mol. The molecule has 92 valence electrons. The minimum atomic E-state index is 0.000720. The third-order valence-electron chi connectivity index (χ3n) is 3.20. The zero-order valence-electron chi connectivity index (χ0n) is 10.00. The average Bonchev–Trinajstić information content (AvgIpc) is 2.45. The van der Waals surface area contributed by atoms with Crippen LogP contribution in [0.25, 0.3) is 0 Å². The van der Waals surface area contributed by atoms with Gasteiger partial charge in [0.15, 0.2) is 0 Å². The van der Waals surface area contributed by atoms with Crippen molar-refractivity contribution in [2.24, 2.45) is 11.7 Å². The van der Waals surface area contributed by atoms with Crippen LogP contribution >= 0.6 is 12.2 Å². The SMILES string of the molecule is CC(CC(=O)NC1CCCCCC1)C(N)=S. The Labute approximate surface area is 103 Å². The fraction of sp³-hybridized carbons (Fsp3) is 0.833. The van der Waals surface area contributed by atoms with Gasteiger partial charge in [0.25, 0.3) is 0 Å². The van der Waals surface area contributed by atoms with Crippen molar-refractivity contribution >= 4 is 23.1 Å². The van der Waals surface area contributed by atoms with Gasteiger partial charge < -0.3 is 11.1 Å². The molecule has 1 aliphatic carbocycles. The maximum Gasteiger partial charge on any atom is 0.220 e. The molecule has 0 aromatic rings. The zero-order chi connectivity index (χ0) is 12.0. The summed E-state index contributed by atoms with van der Waals surface area (Å²) < 4.78 is 0. The average molecular weight is 242 g/mol. The molecule has 0 aromatic carbocycles. The molecule has 1 rings (SSSR count). The summed E-state index contributed by atoms with van der Waals surface area (Å²) in [6.07, 6.45) is 7.73. The summed E-state index contributed by atoms with van der Waals surface area (Å²) >= 11 is 4.86. The standard InChI is InChI=1S/C12H22N2OS/c1-9(12(13)16)8-11(15)14-10-6-4-2-3-5-7-10/h9-10H,2-8H2,1H3,(H2,13,16)(H,14,15). The van der Waals surface area contributed by atoms with Gasteiger partial charge in [-0.2, -0.15) is 0 Å². The van der Waals surface area contributed by atoms with Crippen molar-refractivity contribution in [2.75, 3.05) is 0 Å². The molecule has 3 nitrogen and oxygen atoms in total. The van der Waals surface area contributed by atoms with Crippen molar-refractivity contribution in [1.82, 2.24) is 5.32 Å². The Hall–Kier alpha value is -0.640. The van der Waals surface area contributed by atoms with E-state index < -0.39 is 0 Å². The van der Waals surface area contributed by atoms with Crippen molar-refractivity contribution in [3.05, 3.63) is 0 Å². The van der Waals surface area contributed by atoms with Gasteiger partial charge in [0.2, 0.25) is 5.91 Å². The van der Waals surface area contributed by atoms with E-state index in [4.69, 9.17) is 18.0 Å². The van der Waals surface area contributed by atoms with Crippen LogP contribution in [0, 0.1) is 5.92 Å². The van der Waals surface area contributed by atoms with E-state index in [0.29, 0.717) is 17.5 Å². The normalized spacial score (nSPS) is 19.8. The first-order valence-electron chi connectivity index (χ1n) is 6.18. The van der Waals surface area contributed by atoms with E-state index in [9.17, 15) is 4.79 Å². The Bertz CT molecular complexity index is 247. The van der Waals surface area contributed by atoms with Gasteiger partial charge in [0, 0.05) is 18.4 Å². The number of nitrogens with one attached hydrogen (secondary N) is 1. The molecule has 3 N–H and O–H groups in total. The molecule has 1 aliphatic rings. The number of amides is 1.